The van der Waals surface area contributed by atoms with Crippen LogP contribution in [-0.2, 0) is 16.8 Å². The molecular weight excluding hydrogens is 370 g/mol. The second-order valence-electron chi connectivity index (χ2n) is 7.73. The van der Waals surface area contributed by atoms with Crippen LogP contribution in [0.5, 0.6) is 5.75 Å². The minimum Gasteiger partial charge on any atom is -0.495 e. The minimum atomic E-state index is -0.976. The Labute approximate surface area is 169 Å². The smallest absolute Gasteiger partial charge is 0.224 e. The third kappa shape index (κ3) is 4.16. The van der Waals surface area contributed by atoms with Crippen LogP contribution < -0.4 is 10.1 Å². The van der Waals surface area contributed by atoms with E-state index in [0.717, 1.165) is 11.3 Å². The Morgan fingerprint density at radius 2 is 2.03 bits per heavy atom. The Balaban J connectivity index is 1.36. The van der Waals surface area contributed by atoms with Gasteiger partial charge in [-0.15, -0.1) is 0 Å². The predicted octanol–water partition coefficient (Wildman–Crippen LogP) is 2.14. The van der Waals surface area contributed by atoms with E-state index >= 15 is 0 Å². The van der Waals surface area contributed by atoms with Gasteiger partial charge in [-0.1, -0.05) is 0 Å². The number of ketones is 1. The molecule has 7 nitrogen and oxygen atoms in total. The lowest BCUT2D eigenvalue weighted by atomic mass is 9.87. The van der Waals surface area contributed by atoms with Gasteiger partial charge in [0, 0.05) is 30.8 Å². The average Bonchev–Trinajstić information content (AvgIpc) is 2.75. The van der Waals surface area contributed by atoms with Gasteiger partial charge < -0.3 is 15.2 Å². The fourth-order valence-electron chi connectivity index (χ4n) is 3.96. The number of amides is 1. The van der Waals surface area contributed by atoms with E-state index in [4.69, 9.17) is 4.74 Å². The minimum absolute atomic E-state index is 0.0173. The SMILES string of the molecule is COc1ccc(C2(O)CCN(CC(=O)c3ccc4c(c3)CCC(=O)N4)CC2)nc1. The number of likely N-dealkylation sites (tertiary alicyclic amines) is 1. The normalized spacial score (nSPS) is 18.6. The van der Waals surface area contributed by atoms with E-state index in [1.807, 2.05) is 12.1 Å². The van der Waals surface area contributed by atoms with Crippen molar-refractivity contribution in [1.29, 1.82) is 0 Å². The van der Waals surface area contributed by atoms with Crippen LogP contribution >= 0.6 is 0 Å². The molecule has 0 radical (unpaired) electrons. The maximum Gasteiger partial charge on any atom is 0.224 e. The lowest BCUT2D eigenvalue weighted by Crippen LogP contribution is -2.44. The Morgan fingerprint density at radius 1 is 1.24 bits per heavy atom. The lowest BCUT2D eigenvalue weighted by Gasteiger charge is -2.37. The quantitative estimate of drug-likeness (QED) is 0.754. The van der Waals surface area contributed by atoms with Crippen LogP contribution in [0.1, 0.15) is 40.9 Å². The molecule has 0 aliphatic carbocycles. The maximum atomic E-state index is 12.7. The molecule has 1 saturated heterocycles. The molecule has 4 rings (SSSR count). The van der Waals surface area contributed by atoms with E-state index in [1.165, 1.54) is 0 Å². The van der Waals surface area contributed by atoms with Gasteiger partial charge in [-0.3, -0.25) is 19.5 Å². The van der Waals surface area contributed by atoms with Crippen molar-refractivity contribution in [3.63, 3.8) is 0 Å². The molecule has 1 fully saturated rings. The predicted molar refractivity (Wildman–Crippen MR) is 108 cm³/mol. The summed E-state index contributed by atoms with van der Waals surface area (Å²) in [7, 11) is 1.58. The Bertz CT molecular complexity index is 918. The number of carbonyl (C=O) groups excluding carboxylic acids is 2. The highest BCUT2D eigenvalue weighted by Gasteiger charge is 2.35. The zero-order chi connectivity index (χ0) is 20.4. The number of hydrogen-bond acceptors (Lipinski definition) is 6. The summed E-state index contributed by atoms with van der Waals surface area (Å²) in [5, 5.41) is 13.8. The molecule has 3 heterocycles. The van der Waals surface area contributed by atoms with Gasteiger partial charge in [-0.2, -0.15) is 0 Å². The number of nitrogens with one attached hydrogen (secondary N) is 1. The third-order valence-corrected chi connectivity index (χ3v) is 5.82. The number of methoxy groups -OCH3 is 1. The second kappa shape index (κ2) is 7.93. The van der Waals surface area contributed by atoms with Crippen molar-refractivity contribution in [1.82, 2.24) is 9.88 Å². The van der Waals surface area contributed by atoms with E-state index in [1.54, 1.807) is 31.5 Å². The van der Waals surface area contributed by atoms with Gasteiger partial charge in [0.1, 0.15) is 11.4 Å². The zero-order valence-corrected chi connectivity index (χ0v) is 16.5. The molecular formula is C22H25N3O4. The van der Waals surface area contributed by atoms with E-state index in [9.17, 15) is 14.7 Å². The van der Waals surface area contributed by atoms with E-state index in [2.05, 4.69) is 15.2 Å². The highest BCUT2D eigenvalue weighted by Crippen LogP contribution is 2.32. The summed E-state index contributed by atoms with van der Waals surface area (Å²) < 4.78 is 5.12. The number of aryl methyl sites for hydroxylation is 1. The average molecular weight is 395 g/mol. The summed E-state index contributed by atoms with van der Waals surface area (Å²) in [5.41, 5.74) is 2.14. The Morgan fingerprint density at radius 3 is 2.72 bits per heavy atom. The summed E-state index contributed by atoms with van der Waals surface area (Å²) in [5.74, 6) is 0.728. The monoisotopic (exact) mass is 395 g/mol. The molecule has 2 aliphatic heterocycles. The number of aliphatic hydroxyl groups is 1. The number of ether oxygens (including phenoxy) is 1. The first-order valence-electron chi connectivity index (χ1n) is 9.88. The van der Waals surface area contributed by atoms with E-state index in [0.29, 0.717) is 62.3 Å². The molecule has 152 valence electrons. The number of nitrogens with zero attached hydrogens (tertiary/aromatic N) is 2. The number of Topliss-reactive ketones (excluding diaryl/α,β-unsaturated/α-hetero) is 1. The zero-order valence-electron chi connectivity index (χ0n) is 16.5. The summed E-state index contributed by atoms with van der Waals surface area (Å²) in [6.45, 7) is 1.56. The number of anilines is 1. The molecule has 1 aromatic carbocycles. The van der Waals surface area contributed by atoms with Gasteiger partial charge in [0.2, 0.25) is 5.91 Å². The van der Waals surface area contributed by atoms with Crippen molar-refractivity contribution in [2.45, 2.75) is 31.3 Å². The third-order valence-electron chi connectivity index (χ3n) is 5.82. The Kier molecular flexibility index (Phi) is 5.34. The summed E-state index contributed by atoms with van der Waals surface area (Å²) in [6.07, 6.45) is 3.77. The van der Waals surface area contributed by atoms with Gasteiger partial charge in [0.25, 0.3) is 0 Å². The molecule has 1 amide bonds. The highest BCUT2D eigenvalue weighted by atomic mass is 16.5. The Hall–Kier alpha value is -2.77. The van der Waals surface area contributed by atoms with Crippen molar-refractivity contribution in [2.75, 3.05) is 32.1 Å². The number of benzene rings is 1. The van der Waals surface area contributed by atoms with Crippen LogP contribution in [0.25, 0.3) is 0 Å². The molecule has 2 aromatic rings. The van der Waals surface area contributed by atoms with Crippen molar-refractivity contribution >= 4 is 17.4 Å². The molecule has 2 N–H and O–H groups in total. The fraction of sp³-hybridized carbons (Fsp3) is 0.409. The van der Waals surface area contributed by atoms with Crippen molar-refractivity contribution in [3.8, 4) is 5.75 Å². The number of rotatable bonds is 5. The van der Waals surface area contributed by atoms with Gasteiger partial charge in [-0.05, 0) is 55.2 Å². The molecule has 29 heavy (non-hydrogen) atoms. The molecule has 0 unspecified atom stereocenters. The lowest BCUT2D eigenvalue weighted by molar-refractivity contribution is -0.116. The van der Waals surface area contributed by atoms with Gasteiger partial charge in [0.05, 0.1) is 25.5 Å². The first kappa shape index (κ1) is 19.5. The van der Waals surface area contributed by atoms with Crippen LogP contribution in [0.2, 0.25) is 0 Å². The van der Waals surface area contributed by atoms with Crippen LogP contribution in [0.15, 0.2) is 36.5 Å². The van der Waals surface area contributed by atoms with E-state index < -0.39 is 5.60 Å². The molecule has 1 aromatic heterocycles. The van der Waals surface area contributed by atoms with Gasteiger partial charge >= 0.3 is 0 Å². The number of piperidine rings is 1. The van der Waals surface area contributed by atoms with Crippen LogP contribution in [0, 0.1) is 0 Å². The summed E-state index contributed by atoms with van der Waals surface area (Å²) >= 11 is 0. The van der Waals surface area contributed by atoms with Crippen molar-refractivity contribution in [3.05, 3.63) is 53.3 Å². The van der Waals surface area contributed by atoms with Crippen LogP contribution in [-0.4, -0.2) is 53.4 Å². The van der Waals surface area contributed by atoms with Crippen molar-refractivity contribution < 1.29 is 19.4 Å². The van der Waals surface area contributed by atoms with Crippen molar-refractivity contribution in [2.24, 2.45) is 0 Å². The topological polar surface area (TPSA) is 91.8 Å². The van der Waals surface area contributed by atoms with Gasteiger partial charge in [-0.25, -0.2) is 0 Å². The highest BCUT2D eigenvalue weighted by molar-refractivity contribution is 6.00. The van der Waals surface area contributed by atoms with Gasteiger partial charge in [0.15, 0.2) is 5.78 Å². The van der Waals surface area contributed by atoms with Crippen LogP contribution in [0.4, 0.5) is 5.69 Å². The second-order valence-corrected chi connectivity index (χ2v) is 7.73. The molecule has 0 atom stereocenters. The molecule has 0 spiro atoms. The number of carbonyl (C=O) groups is 2. The number of pyridine rings is 1. The summed E-state index contributed by atoms with van der Waals surface area (Å²) in [4.78, 5) is 30.6. The largest absolute Gasteiger partial charge is 0.495 e. The fourth-order valence-corrected chi connectivity index (χ4v) is 3.96. The molecule has 7 heteroatoms. The molecule has 2 aliphatic rings. The first-order chi connectivity index (χ1) is 14.0. The van der Waals surface area contributed by atoms with E-state index in [-0.39, 0.29) is 11.7 Å². The summed E-state index contributed by atoms with van der Waals surface area (Å²) in [6, 6.07) is 9.07. The standard InChI is InChI=1S/C22H25N3O4/c1-29-17-4-6-20(23-13-17)22(28)8-10-25(11-9-22)14-19(26)16-2-5-18-15(12-16)3-7-21(27)24-18/h2,4-6,12-13,28H,3,7-11,14H2,1H3,(H,24,27). The number of hydrogen-bond donors (Lipinski definition) is 2. The number of aromatic nitrogens is 1. The number of fused-ring (bicyclic) bond motifs is 1. The molecule has 0 bridgehead atoms. The van der Waals surface area contributed by atoms with Crippen LogP contribution in [0.3, 0.4) is 0 Å². The first-order valence-corrected chi connectivity index (χ1v) is 9.88. The molecule has 0 saturated carbocycles. The maximum absolute atomic E-state index is 12.7.